The molecule has 0 amide bonds. The molecule has 0 bridgehead atoms. The van der Waals surface area contributed by atoms with E-state index >= 15 is 0 Å². The van der Waals surface area contributed by atoms with Crippen LogP contribution < -0.4 is 4.90 Å². The molecule has 0 unspecified atom stereocenters. The normalized spacial score (nSPS) is 11.1. The molecule has 1 heteroatoms. The smallest absolute Gasteiger partial charge is 0.0624 e. The van der Waals surface area contributed by atoms with Crippen LogP contribution in [0.1, 0.15) is 0 Å². The zero-order chi connectivity index (χ0) is 34.0. The Labute approximate surface area is 299 Å². The van der Waals surface area contributed by atoms with Gasteiger partial charge in [0.1, 0.15) is 0 Å². The van der Waals surface area contributed by atoms with Crippen LogP contribution in [0.15, 0.2) is 212 Å². The number of rotatable bonds is 7. The summed E-state index contributed by atoms with van der Waals surface area (Å²) in [6.07, 6.45) is 0. The third kappa shape index (κ3) is 5.75. The minimum Gasteiger partial charge on any atom is -0.309 e. The van der Waals surface area contributed by atoms with Crippen molar-refractivity contribution in [2.45, 2.75) is 0 Å². The van der Waals surface area contributed by atoms with Crippen LogP contribution in [0, 0.1) is 0 Å². The standard InChI is InChI=1S/C50H35N/c1-5-17-36(18-6-1)40-33-41(37-19-7-2-8-20-37)35-42(34-40)38-29-31-44(32-30-38)51(43-23-11-4-12-24-43)50-48-28-16-14-26-46(48)45-25-13-15-27-47(45)49(50)39-21-9-3-10-22-39/h1-35H. The van der Waals surface area contributed by atoms with Crippen LogP contribution in [0.4, 0.5) is 17.1 Å². The molecule has 0 saturated heterocycles. The Balaban J connectivity index is 1.26. The fraction of sp³-hybridized carbons (Fsp3) is 0. The zero-order valence-electron chi connectivity index (χ0n) is 28.2. The summed E-state index contributed by atoms with van der Waals surface area (Å²) >= 11 is 0. The summed E-state index contributed by atoms with van der Waals surface area (Å²) < 4.78 is 0. The van der Waals surface area contributed by atoms with Gasteiger partial charge in [-0.3, -0.25) is 0 Å². The molecule has 0 aliphatic heterocycles. The Hall–Kier alpha value is -6.70. The first-order valence-corrected chi connectivity index (χ1v) is 17.5. The van der Waals surface area contributed by atoms with E-state index in [2.05, 4.69) is 217 Å². The SMILES string of the molecule is c1ccc(-c2cc(-c3ccccc3)cc(-c3ccc(N(c4ccccc4)c4c(-c5ccccc5)c5ccccc5c5ccccc45)cc3)c2)cc1. The van der Waals surface area contributed by atoms with Gasteiger partial charge < -0.3 is 4.90 Å². The van der Waals surface area contributed by atoms with Gasteiger partial charge in [-0.2, -0.15) is 0 Å². The van der Waals surface area contributed by atoms with Crippen molar-refractivity contribution in [3.63, 3.8) is 0 Å². The molecule has 240 valence electrons. The molecule has 0 spiro atoms. The second kappa shape index (κ2) is 13.3. The first-order chi connectivity index (χ1) is 25.3. The quantitative estimate of drug-likeness (QED) is 0.155. The van der Waals surface area contributed by atoms with Crippen molar-refractivity contribution in [1.82, 2.24) is 0 Å². The molecule has 9 aromatic rings. The van der Waals surface area contributed by atoms with Gasteiger partial charge in [-0.05, 0) is 97.6 Å². The molecular formula is C50H35N. The minimum absolute atomic E-state index is 1.10. The maximum Gasteiger partial charge on any atom is 0.0624 e. The number of hydrogen-bond acceptors (Lipinski definition) is 1. The second-order valence-corrected chi connectivity index (χ2v) is 12.9. The number of anilines is 3. The topological polar surface area (TPSA) is 3.24 Å². The Morgan fingerprint density at radius 2 is 0.588 bits per heavy atom. The molecule has 0 fully saturated rings. The van der Waals surface area contributed by atoms with E-state index in [1.165, 1.54) is 71.7 Å². The molecule has 0 heterocycles. The zero-order valence-corrected chi connectivity index (χ0v) is 28.2. The summed E-state index contributed by atoms with van der Waals surface area (Å²) in [6.45, 7) is 0. The molecular weight excluding hydrogens is 615 g/mol. The molecule has 0 aliphatic rings. The summed E-state index contributed by atoms with van der Waals surface area (Å²) in [5, 5.41) is 4.95. The summed E-state index contributed by atoms with van der Waals surface area (Å²) in [5.74, 6) is 0. The van der Waals surface area contributed by atoms with Crippen LogP contribution in [0.5, 0.6) is 0 Å². The lowest BCUT2D eigenvalue weighted by Crippen LogP contribution is -2.12. The van der Waals surface area contributed by atoms with E-state index in [9.17, 15) is 0 Å². The monoisotopic (exact) mass is 649 g/mol. The van der Waals surface area contributed by atoms with Crippen LogP contribution in [0.25, 0.3) is 66.1 Å². The van der Waals surface area contributed by atoms with E-state index in [-0.39, 0.29) is 0 Å². The van der Waals surface area contributed by atoms with Crippen molar-refractivity contribution in [1.29, 1.82) is 0 Å². The van der Waals surface area contributed by atoms with Crippen LogP contribution in [0.2, 0.25) is 0 Å². The predicted octanol–water partition coefficient (Wildman–Crippen LogP) is 14.1. The summed E-state index contributed by atoms with van der Waals surface area (Å²) in [5.41, 5.74) is 13.0. The predicted molar refractivity (Wildman–Crippen MR) is 218 cm³/mol. The molecule has 0 atom stereocenters. The van der Waals surface area contributed by atoms with Crippen molar-refractivity contribution < 1.29 is 0 Å². The lowest BCUT2D eigenvalue weighted by molar-refractivity contribution is 1.30. The molecule has 9 aromatic carbocycles. The molecule has 0 N–H and O–H groups in total. The van der Waals surface area contributed by atoms with Crippen LogP contribution in [-0.2, 0) is 0 Å². The van der Waals surface area contributed by atoms with Crippen LogP contribution in [0.3, 0.4) is 0 Å². The van der Waals surface area contributed by atoms with E-state index in [1.54, 1.807) is 0 Å². The molecule has 0 saturated carbocycles. The van der Waals surface area contributed by atoms with Gasteiger partial charge >= 0.3 is 0 Å². The first kappa shape index (κ1) is 30.4. The van der Waals surface area contributed by atoms with Crippen molar-refractivity contribution in [2.24, 2.45) is 0 Å². The Morgan fingerprint density at radius 1 is 0.235 bits per heavy atom. The van der Waals surface area contributed by atoms with Crippen molar-refractivity contribution in [2.75, 3.05) is 4.90 Å². The maximum atomic E-state index is 2.44. The van der Waals surface area contributed by atoms with Gasteiger partial charge in [0, 0.05) is 22.3 Å². The van der Waals surface area contributed by atoms with Gasteiger partial charge in [0.2, 0.25) is 0 Å². The highest BCUT2D eigenvalue weighted by molar-refractivity contribution is 6.22. The Bertz CT molecular complexity index is 2540. The van der Waals surface area contributed by atoms with Crippen molar-refractivity contribution >= 4 is 38.6 Å². The summed E-state index contributed by atoms with van der Waals surface area (Å²) in [7, 11) is 0. The van der Waals surface area contributed by atoms with Gasteiger partial charge in [0.15, 0.2) is 0 Å². The third-order valence-corrected chi connectivity index (χ3v) is 9.81. The van der Waals surface area contributed by atoms with Gasteiger partial charge in [0.05, 0.1) is 5.69 Å². The van der Waals surface area contributed by atoms with E-state index in [1.807, 2.05) is 0 Å². The van der Waals surface area contributed by atoms with E-state index in [0.29, 0.717) is 0 Å². The molecule has 1 nitrogen and oxygen atoms in total. The third-order valence-electron chi connectivity index (χ3n) is 9.81. The highest BCUT2D eigenvalue weighted by Gasteiger charge is 2.23. The van der Waals surface area contributed by atoms with Gasteiger partial charge in [-0.15, -0.1) is 0 Å². The van der Waals surface area contributed by atoms with E-state index < -0.39 is 0 Å². The van der Waals surface area contributed by atoms with Crippen molar-refractivity contribution in [3.8, 4) is 44.5 Å². The lowest BCUT2D eigenvalue weighted by Gasteiger charge is -2.30. The Kier molecular flexibility index (Phi) is 7.92. The molecule has 0 aliphatic carbocycles. The lowest BCUT2D eigenvalue weighted by atomic mass is 9.90. The summed E-state index contributed by atoms with van der Waals surface area (Å²) in [4.78, 5) is 2.44. The van der Waals surface area contributed by atoms with E-state index in [0.717, 1.165) is 11.4 Å². The highest BCUT2D eigenvalue weighted by Crippen LogP contribution is 2.49. The number of hydrogen-bond donors (Lipinski definition) is 0. The number of benzene rings is 9. The molecule has 0 radical (unpaired) electrons. The minimum atomic E-state index is 1.10. The number of nitrogens with zero attached hydrogens (tertiary/aromatic N) is 1. The van der Waals surface area contributed by atoms with Crippen LogP contribution >= 0.6 is 0 Å². The van der Waals surface area contributed by atoms with Crippen LogP contribution in [-0.4, -0.2) is 0 Å². The fourth-order valence-corrected chi connectivity index (χ4v) is 7.43. The summed E-state index contributed by atoms with van der Waals surface area (Å²) in [6, 6.07) is 76.6. The largest absolute Gasteiger partial charge is 0.309 e. The van der Waals surface area contributed by atoms with Gasteiger partial charge in [-0.25, -0.2) is 0 Å². The molecule has 9 rings (SSSR count). The first-order valence-electron chi connectivity index (χ1n) is 17.5. The molecule has 51 heavy (non-hydrogen) atoms. The highest BCUT2D eigenvalue weighted by atomic mass is 15.1. The second-order valence-electron chi connectivity index (χ2n) is 12.9. The number of para-hydroxylation sites is 1. The average Bonchev–Trinajstić information content (AvgIpc) is 3.22. The average molecular weight is 650 g/mol. The van der Waals surface area contributed by atoms with Gasteiger partial charge in [-0.1, -0.05) is 170 Å². The van der Waals surface area contributed by atoms with Crippen molar-refractivity contribution in [3.05, 3.63) is 212 Å². The fourth-order valence-electron chi connectivity index (χ4n) is 7.43. The van der Waals surface area contributed by atoms with E-state index in [4.69, 9.17) is 0 Å². The maximum absolute atomic E-state index is 2.44. The number of fused-ring (bicyclic) bond motifs is 3. The molecule has 0 aromatic heterocycles. The Morgan fingerprint density at radius 3 is 1.10 bits per heavy atom. The van der Waals surface area contributed by atoms with Gasteiger partial charge in [0.25, 0.3) is 0 Å².